The number of carboxylic acids is 1. The molecule has 0 saturated heterocycles. The summed E-state index contributed by atoms with van der Waals surface area (Å²) in [6.07, 6.45) is -2.46. The quantitative estimate of drug-likeness (QED) is 0.768. The van der Waals surface area contributed by atoms with Gasteiger partial charge in [0, 0.05) is 12.4 Å². The molecular formula is C6H5F3N2O2. The first-order chi connectivity index (χ1) is 5.90. The van der Waals surface area contributed by atoms with Crippen molar-refractivity contribution < 1.29 is 23.1 Å². The van der Waals surface area contributed by atoms with E-state index >= 15 is 0 Å². The van der Waals surface area contributed by atoms with E-state index in [1.54, 1.807) is 0 Å². The first kappa shape index (κ1) is 9.56. The van der Waals surface area contributed by atoms with Crippen LogP contribution in [-0.2, 0) is 6.54 Å². The van der Waals surface area contributed by atoms with Crippen LogP contribution in [0, 0.1) is 0 Å². The van der Waals surface area contributed by atoms with Gasteiger partial charge in [-0.05, 0) is 0 Å². The van der Waals surface area contributed by atoms with Crippen LogP contribution >= 0.6 is 0 Å². The van der Waals surface area contributed by atoms with E-state index in [0.717, 1.165) is 12.4 Å². The molecule has 1 heterocycles. The maximum Gasteiger partial charge on any atom is 0.406 e. The van der Waals surface area contributed by atoms with E-state index in [2.05, 4.69) is 4.98 Å². The van der Waals surface area contributed by atoms with Gasteiger partial charge in [0.2, 0.25) is 5.82 Å². The highest BCUT2D eigenvalue weighted by Crippen LogP contribution is 2.18. The van der Waals surface area contributed by atoms with Crippen LogP contribution in [0.4, 0.5) is 13.2 Å². The van der Waals surface area contributed by atoms with Crippen LogP contribution in [0.3, 0.4) is 0 Å². The van der Waals surface area contributed by atoms with Gasteiger partial charge in [-0.2, -0.15) is 13.2 Å². The minimum Gasteiger partial charge on any atom is -0.475 e. The third-order valence-electron chi connectivity index (χ3n) is 1.26. The van der Waals surface area contributed by atoms with Gasteiger partial charge in [0.1, 0.15) is 6.54 Å². The van der Waals surface area contributed by atoms with Gasteiger partial charge in [-0.3, -0.25) is 0 Å². The zero-order chi connectivity index (χ0) is 10.1. The summed E-state index contributed by atoms with van der Waals surface area (Å²) in [6.45, 7) is -1.34. The Balaban J connectivity index is 2.89. The van der Waals surface area contributed by atoms with E-state index in [1.807, 2.05) is 0 Å². The molecule has 0 saturated carbocycles. The maximum absolute atomic E-state index is 11.8. The molecule has 7 heteroatoms. The maximum atomic E-state index is 11.8. The van der Waals surface area contributed by atoms with Gasteiger partial charge in [0.25, 0.3) is 0 Å². The van der Waals surface area contributed by atoms with E-state index in [-0.39, 0.29) is 0 Å². The predicted molar refractivity (Wildman–Crippen MR) is 35.2 cm³/mol. The normalized spacial score (nSPS) is 11.6. The van der Waals surface area contributed by atoms with Crippen LogP contribution in [0.2, 0.25) is 0 Å². The molecule has 72 valence electrons. The molecular weight excluding hydrogens is 189 g/mol. The molecule has 1 aromatic rings. The summed E-state index contributed by atoms with van der Waals surface area (Å²) >= 11 is 0. The predicted octanol–water partition coefficient (Wildman–Crippen LogP) is 1.14. The molecule has 0 aliphatic rings. The number of carboxylic acid groups (broad SMARTS) is 1. The zero-order valence-electron chi connectivity index (χ0n) is 6.25. The highest BCUT2D eigenvalue weighted by atomic mass is 19.4. The molecule has 0 bridgehead atoms. The Bertz CT molecular complexity index is 318. The second kappa shape index (κ2) is 3.08. The number of nitrogens with zero attached hydrogens (tertiary/aromatic N) is 2. The van der Waals surface area contributed by atoms with Crippen LogP contribution in [0.15, 0.2) is 12.4 Å². The lowest BCUT2D eigenvalue weighted by Crippen LogP contribution is -2.20. The van der Waals surface area contributed by atoms with E-state index < -0.39 is 24.5 Å². The van der Waals surface area contributed by atoms with Gasteiger partial charge < -0.3 is 9.67 Å². The van der Waals surface area contributed by atoms with Gasteiger partial charge in [0.05, 0.1) is 0 Å². The molecule has 4 nitrogen and oxygen atoms in total. The summed E-state index contributed by atoms with van der Waals surface area (Å²) in [6, 6.07) is 0. The van der Waals surface area contributed by atoms with Crippen molar-refractivity contribution >= 4 is 5.97 Å². The fraction of sp³-hybridized carbons (Fsp3) is 0.333. The van der Waals surface area contributed by atoms with Crippen molar-refractivity contribution in [3.8, 4) is 0 Å². The third-order valence-corrected chi connectivity index (χ3v) is 1.26. The highest BCUT2D eigenvalue weighted by molar-refractivity contribution is 5.83. The van der Waals surface area contributed by atoms with Crippen molar-refractivity contribution in [2.24, 2.45) is 0 Å². The summed E-state index contributed by atoms with van der Waals surface area (Å²) < 4.78 is 36.0. The monoisotopic (exact) mass is 194 g/mol. The second-order valence-electron chi connectivity index (χ2n) is 2.30. The Kier molecular flexibility index (Phi) is 2.26. The topological polar surface area (TPSA) is 55.1 Å². The number of imidazole rings is 1. The Morgan fingerprint density at radius 1 is 1.62 bits per heavy atom. The summed E-state index contributed by atoms with van der Waals surface area (Å²) in [7, 11) is 0. The first-order valence-electron chi connectivity index (χ1n) is 3.21. The van der Waals surface area contributed by atoms with E-state index in [0.29, 0.717) is 4.57 Å². The molecule has 0 atom stereocenters. The summed E-state index contributed by atoms with van der Waals surface area (Å²) in [4.78, 5) is 13.6. The van der Waals surface area contributed by atoms with E-state index in [1.165, 1.54) is 0 Å². The zero-order valence-corrected chi connectivity index (χ0v) is 6.25. The average Bonchev–Trinajstić information content (AvgIpc) is 2.31. The summed E-state index contributed by atoms with van der Waals surface area (Å²) in [5, 5.41) is 8.40. The van der Waals surface area contributed by atoms with Crippen molar-refractivity contribution in [3.63, 3.8) is 0 Å². The fourth-order valence-corrected chi connectivity index (χ4v) is 0.828. The van der Waals surface area contributed by atoms with Crippen LogP contribution < -0.4 is 0 Å². The molecule has 0 aliphatic heterocycles. The van der Waals surface area contributed by atoms with Crippen molar-refractivity contribution in [1.29, 1.82) is 0 Å². The molecule has 1 rings (SSSR count). The number of halogens is 3. The van der Waals surface area contributed by atoms with Gasteiger partial charge in [-0.1, -0.05) is 0 Å². The van der Waals surface area contributed by atoms with Crippen molar-refractivity contribution in [1.82, 2.24) is 9.55 Å². The molecule has 0 radical (unpaired) electrons. The van der Waals surface area contributed by atoms with Gasteiger partial charge >= 0.3 is 12.1 Å². The summed E-state index contributed by atoms with van der Waals surface area (Å²) in [5.41, 5.74) is 0. The first-order valence-corrected chi connectivity index (χ1v) is 3.21. The molecule has 1 N–H and O–H groups in total. The Morgan fingerprint density at radius 2 is 2.23 bits per heavy atom. The van der Waals surface area contributed by atoms with Gasteiger partial charge in [0.15, 0.2) is 0 Å². The van der Waals surface area contributed by atoms with Crippen molar-refractivity contribution in [3.05, 3.63) is 18.2 Å². The third kappa shape index (κ3) is 2.46. The number of hydrogen-bond donors (Lipinski definition) is 1. The molecule has 0 aliphatic carbocycles. The van der Waals surface area contributed by atoms with Crippen molar-refractivity contribution in [2.45, 2.75) is 12.7 Å². The Morgan fingerprint density at radius 3 is 2.69 bits per heavy atom. The number of alkyl halides is 3. The summed E-state index contributed by atoms with van der Waals surface area (Å²) in [5.74, 6) is -2.09. The molecule has 1 aromatic heterocycles. The van der Waals surface area contributed by atoms with E-state index in [9.17, 15) is 18.0 Å². The number of hydrogen-bond acceptors (Lipinski definition) is 2. The smallest absolute Gasteiger partial charge is 0.406 e. The second-order valence-corrected chi connectivity index (χ2v) is 2.30. The molecule has 13 heavy (non-hydrogen) atoms. The minimum absolute atomic E-state index is 0.530. The number of rotatable bonds is 2. The minimum atomic E-state index is -4.44. The van der Waals surface area contributed by atoms with Gasteiger partial charge in [-0.25, -0.2) is 9.78 Å². The SMILES string of the molecule is O=C(O)c1nccn1CC(F)(F)F. The van der Waals surface area contributed by atoms with Crippen LogP contribution in [-0.4, -0.2) is 26.8 Å². The van der Waals surface area contributed by atoms with Gasteiger partial charge in [-0.15, -0.1) is 0 Å². The van der Waals surface area contributed by atoms with Crippen LogP contribution in [0.5, 0.6) is 0 Å². The average molecular weight is 194 g/mol. The number of aromatic nitrogens is 2. The van der Waals surface area contributed by atoms with E-state index in [4.69, 9.17) is 5.11 Å². The number of carbonyl (C=O) groups is 1. The molecule has 0 amide bonds. The lowest BCUT2D eigenvalue weighted by atomic mass is 10.5. The lowest BCUT2D eigenvalue weighted by Gasteiger charge is -2.07. The molecule has 0 aromatic carbocycles. The molecule has 0 spiro atoms. The fourth-order valence-electron chi connectivity index (χ4n) is 0.828. The van der Waals surface area contributed by atoms with Crippen LogP contribution in [0.1, 0.15) is 10.6 Å². The standard InChI is InChI=1S/C6H5F3N2O2/c7-6(8,9)3-11-2-1-10-4(11)5(12)13/h1-2H,3H2,(H,12,13). The Labute approximate surface area is 70.6 Å². The molecule has 0 fully saturated rings. The largest absolute Gasteiger partial charge is 0.475 e. The molecule has 0 unspecified atom stereocenters. The highest BCUT2D eigenvalue weighted by Gasteiger charge is 2.29. The van der Waals surface area contributed by atoms with Crippen LogP contribution in [0.25, 0.3) is 0 Å². The lowest BCUT2D eigenvalue weighted by molar-refractivity contribution is -0.140. The Hall–Kier alpha value is -1.53. The van der Waals surface area contributed by atoms with Crippen molar-refractivity contribution in [2.75, 3.05) is 0 Å². The number of aromatic carboxylic acids is 1.